The van der Waals surface area contributed by atoms with Gasteiger partial charge in [-0.25, -0.2) is 0 Å². The van der Waals surface area contributed by atoms with Gasteiger partial charge >= 0.3 is 0 Å². The number of benzene rings is 2. The van der Waals surface area contributed by atoms with Gasteiger partial charge in [-0.15, -0.1) is 0 Å². The van der Waals surface area contributed by atoms with Gasteiger partial charge in [0.2, 0.25) is 0 Å². The van der Waals surface area contributed by atoms with Crippen LogP contribution in [-0.4, -0.2) is 21.1 Å². The minimum absolute atomic E-state index is 0.226. The molecule has 0 bridgehead atoms. The number of fused-ring (bicyclic) bond motifs is 1. The smallest absolute Gasteiger partial charge is 0.258 e. The minimum Gasteiger partial charge on any atom is -0.340 e. The number of H-pyrrole nitrogens is 1. The first-order chi connectivity index (χ1) is 13.1. The van der Waals surface area contributed by atoms with Gasteiger partial charge in [-0.2, -0.15) is 5.10 Å². The van der Waals surface area contributed by atoms with E-state index in [1.165, 1.54) is 0 Å². The highest BCUT2D eigenvalue weighted by molar-refractivity contribution is 6.40. The Morgan fingerprint density at radius 1 is 0.926 bits per heavy atom. The van der Waals surface area contributed by atoms with Crippen molar-refractivity contribution in [3.05, 3.63) is 76.5 Å². The second-order valence-electron chi connectivity index (χ2n) is 5.71. The Labute approximate surface area is 164 Å². The summed E-state index contributed by atoms with van der Waals surface area (Å²) in [4.78, 5) is 17.1. The number of carbonyl (C=O) groups is 1. The fourth-order valence-corrected chi connectivity index (χ4v) is 3.33. The number of hydrogen-bond acceptors (Lipinski definition) is 4. The molecule has 0 spiro atoms. The van der Waals surface area contributed by atoms with E-state index in [0.717, 1.165) is 16.9 Å². The molecule has 3 N–H and O–H groups in total. The molecule has 2 aromatic heterocycles. The summed E-state index contributed by atoms with van der Waals surface area (Å²) in [7, 11) is 0. The molecule has 0 aliphatic carbocycles. The number of para-hydroxylation sites is 1. The van der Waals surface area contributed by atoms with Gasteiger partial charge in [-0.05, 0) is 24.3 Å². The summed E-state index contributed by atoms with van der Waals surface area (Å²) >= 11 is 12.3. The van der Waals surface area contributed by atoms with E-state index < -0.39 is 5.91 Å². The molecule has 0 aliphatic rings. The molecule has 2 aromatic carbocycles. The number of nitrogens with one attached hydrogen (secondary N) is 3. The predicted molar refractivity (Wildman–Crippen MR) is 108 cm³/mol. The molecular weight excluding hydrogens is 385 g/mol. The number of amides is 1. The largest absolute Gasteiger partial charge is 0.340 e. The van der Waals surface area contributed by atoms with Crippen molar-refractivity contribution in [2.45, 2.75) is 0 Å². The summed E-state index contributed by atoms with van der Waals surface area (Å²) in [6.45, 7) is 0. The van der Waals surface area contributed by atoms with Crippen molar-refractivity contribution in [2.75, 3.05) is 10.6 Å². The van der Waals surface area contributed by atoms with Crippen LogP contribution in [0.15, 0.2) is 60.9 Å². The number of aromatic nitrogens is 3. The molecule has 2 heterocycles. The van der Waals surface area contributed by atoms with Crippen LogP contribution in [0.25, 0.3) is 10.9 Å². The third kappa shape index (κ3) is 3.45. The van der Waals surface area contributed by atoms with Crippen LogP contribution in [0.1, 0.15) is 10.4 Å². The fourth-order valence-electron chi connectivity index (χ4n) is 2.76. The summed E-state index contributed by atoms with van der Waals surface area (Å²) in [5.41, 5.74) is 2.25. The molecule has 1 amide bonds. The third-order valence-electron chi connectivity index (χ3n) is 3.98. The maximum Gasteiger partial charge on any atom is 0.258 e. The lowest BCUT2D eigenvalue weighted by molar-refractivity contribution is 0.102. The third-order valence-corrected chi connectivity index (χ3v) is 4.61. The molecule has 4 rings (SSSR count). The van der Waals surface area contributed by atoms with E-state index in [9.17, 15) is 4.79 Å². The zero-order valence-corrected chi connectivity index (χ0v) is 15.3. The van der Waals surface area contributed by atoms with Gasteiger partial charge in [0.1, 0.15) is 5.82 Å². The summed E-state index contributed by atoms with van der Waals surface area (Å²) < 4.78 is 0. The number of anilines is 3. The average molecular weight is 398 g/mol. The SMILES string of the molecule is O=C(Nc1cccc2c(Nc3ccn[nH]3)ccnc12)c1c(Cl)cccc1Cl. The van der Waals surface area contributed by atoms with Gasteiger partial charge in [0.25, 0.3) is 5.91 Å². The number of halogens is 2. The highest BCUT2D eigenvalue weighted by Gasteiger charge is 2.16. The van der Waals surface area contributed by atoms with E-state index in [0.29, 0.717) is 11.2 Å². The molecule has 0 saturated heterocycles. The van der Waals surface area contributed by atoms with Crippen molar-refractivity contribution in [3.8, 4) is 0 Å². The number of carbonyl (C=O) groups excluding carboxylic acids is 1. The standard InChI is InChI=1S/C19H13Cl2N5O/c20-12-4-2-5-13(21)17(12)19(27)25-15-6-1-3-11-14(7-9-22-18(11)15)24-16-8-10-23-26-16/h1-10H,(H,25,27)(H2,22,23,24,26). The monoisotopic (exact) mass is 397 g/mol. The minimum atomic E-state index is -0.396. The van der Waals surface area contributed by atoms with E-state index in [-0.39, 0.29) is 15.6 Å². The van der Waals surface area contributed by atoms with Gasteiger partial charge in [0.05, 0.1) is 38.7 Å². The second-order valence-corrected chi connectivity index (χ2v) is 6.52. The van der Waals surface area contributed by atoms with Gasteiger partial charge in [-0.3, -0.25) is 14.9 Å². The summed E-state index contributed by atoms with van der Waals surface area (Å²) in [5, 5.41) is 14.3. The Bertz CT molecular complexity index is 1110. The van der Waals surface area contributed by atoms with Crippen molar-refractivity contribution in [1.29, 1.82) is 0 Å². The van der Waals surface area contributed by atoms with E-state index in [1.54, 1.807) is 36.7 Å². The first kappa shape index (κ1) is 17.3. The Kier molecular flexibility index (Phi) is 4.66. The molecule has 134 valence electrons. The van der Waals surface area contributed by atoms with Crippen LogP contribution in [-0.2, 0) is 0 Å². The topological polar surface area (TPSA) is 82.7 Å². The van der Waals surface area contributed by atoms with E-state index in [4.69, 9.17) is 23.2 Å². The lowest BCUT2D eigenvalue weighted by Gasteiger charge is -2.12. The zero-order valence-electron chi connectivity index (χ0n) is 13.8. The Hall–Kier alpha value is -3.09. The van der Waals surface area contributed by atoms with Crippen molar-refractivity contribution < 1.29 is 4.79 Å². The molecule has 0 radical (unpaired) electrons. The van der Waals surface area contributed by atoms with E-state index in [1.807, 2.05) is 24.3 Å². The Balaban J connectivity index is 1.71. The number of pyridine rings is 1. The van der Waals surface area contributed by atoms with Crippen molar-refractivity contribution in [1.82, 2.24) is 15.2 Å². The van der Waals surface area contributed by atoms with Crippen molar-refractivity contribution in [3.63, 3.8) is 0 Å². The molecule has 8 heteroatoms. The molecule has 0 atom stereocenters. The molecule has 6 nitrogen and oxygen atoms in total. The van der Waals surface area contributed by atoms with Crippen LogP contribution in [0, 0.1) is 0 Å². The van der Waals surface area contributed by atoms with Crippen LogP contribution < -0.4 is 10.6 Å². The molecule has 0 aliphatic heterocycles. The van der Waals surface area contributed by atoms with Crippen LogP contribution in [0.5, 0.6) is 0 Å². The first-order valence-electron chi connectivity index (χ1n) is 8.03. The van der Waals surface area contributed by atoms with Crippen LogP contribution in [0.2, 0.25) is 10.0 Å². The van der Waals surface area contributed by atoms with Gasteiger partial charge in [0, 0.05) is 17.6 Å². The highest BCUT2D eigenvalue weighted by atomic mass is 35.5. The van der Waals surface area contributed by atoms with E-state index in [2.05, 4.69) is 25.8 Å². The normalized spacial score (nSPS) is 10.7. The van der Waals surface area contributed by atoms with Gasteiger partial charge < -0.3 is 10.6 Å². The second kappa shape index (κ2) is 7.26. The number of aromatic amines is 1. The quantitative estimate of drug-likeness (QED) is 0.438. The van der Waals surface area contributed by atoms with Gasteiger partial charge in [-0.1, -0.05) is 41.4 Å². The highest BCUT2D eigenvalue weighted by Crippen LogP contribution is 2.30. The summed E-state index contributed by atoms with van der Waals surface area (Å²) in [6.07, 6.45) is 3.32. The van der Waals surface area contributed by atoms with Crippen LogP contribution in [0.3, 0.4) is 0 Å². The lowest BCUT2D eigenvalue weighted by Crippen LogP contribution is -2.13. The molecule has 0 saturated carbocycles. The molecule has 0 unspecified atom stereocenters. The fraction of sp³-hybridized carbons (Fsp3) is 0. The Morgan fingerprint density at radius 2 is 1.70 bits per heavy atom. The molecular formula is C19H13Cl2N5O. The number of hydrogen-bond donors (Lipinski definition) is 3. The van der Waals surface area contributed by atoms with E-state index >= 15 is 0 Å². The van der Waals surface area contributed by atoms with Crippen LogP contribution in [0.4, 0.5) is 17.2 Å². The predicted octanol–water partition coefficient (Wildman–Crippen LogP) is 5.26. The van der Waals surface area contributed by atoms with Crippen molar-refractivity contribution in [2.24, 2.45) is 0 Å². The van der Waals surface area contributed by atoms with Gasteiger partial charge in [0.15, 0.2) is 0 Å². The zero-order chi connectivity index (χ0) is 18.8. The molecule has 0 fully saturated rings. The summed E-state index contributed by atoms with van der Waals surface area (Å²) in [5.74, 6) is 0.353. The Morgan fingerprint density at radius 3 is 2.44 bits per heavy atom. The summed E-state index contributed by atoms with van der Waals surface area (Å²) in [6, 6.07) is 14.1. The van der Waals surface area contributed by atoms with Crippen molar-refractivity contribution >= 4 is 57.2 Å². The number of rotatable bonds is 4. The lowest BCUT2D eigenvalue weighted by atomic mass is 10.1. The maximum absolute atomic E-state index is 12.7. The molecule has 4 aromatic rings. The average Bonchev–Trinajstić information content (AvgIpc) is 3.15. The van der Waals surface area contributed by atoms with Crippen LogP contribution >= 0.6 is 23.2 Å². The number of nitrogens with zero attached hydrogens (tertiary/aromatic N) is 2. The molecule has 27 heavy (non-hydrogen) atoms. The first-order valence-corrected chi connectivity index (χ1v) is 8.78. The maximum atomic E-state index is 12.7.